The third kappa shape index (κ3) is 4.42. The number of para-hydroxylation sites is 1. The average Bonchev–Trinajstić information content (AvgIpc) is 3.03. The third-order valence-electron chi connectivity index (χ3n) is 4.85. The van der Waals surface area contributed by atoms with Crippen LogP contribution in [0.1, 0.15) is 11.1 Å². The van der Waals surface area contributed by atoms with Crippen molar-refractivity contribution in [2.24, 2.45) is 0 Å². The Bertz CT molecular complexity index is 1100. The van der Waals surface area contributed by atoms with Crippen molar-refractivity contribution in [2.45, 2.75) is 6.54 Å². The Morgan fingerprint density at radius 1 is 0.900 bits per heavy atom. The molecule has 1 aliphatic rings. The highest BCUT2D eigenvalue weighted by Crippen LogP contribution is 2.34. The number of thioether (sulfide) groups is 1. The van der Waals surface area contributed by atoms with Crippen molar-refractivity contribution in [1.29, 1.82) is 0 Å². The molecule has 0 saturated carbocycles. The van der Waals surface area contributed by atoms with Crippen LogP contribution < -0.4 is 4.90 Å². The van der Waals surface area contributed by atoms with Crippen LogP contribution in [0.15, 0.2) is 83.8 Å². The summed E-state index contributed by atoms with van der Waals surface area (Å²) in [5.41, 5.74) is 3.86. The molecule has 1 fully saturated rings. The first-order valence-electron chi connectivity index (χ1n) is 9.40. The van der Waals surface area contributed by atoms with Crippen molar-refractivity contribution in [3.8, 4) is 0 Å². The molecule has 1 heterocycles. The Hall–Kier alpha value is -3.02. The van der Waals surface area contributed by atoms with E-state index in [4.69, 9.17) is 11.6 Å². The maximum absolute atomic E-state index is 12.7. The molecule has 2 amide bonds. The molecule has 4 rings (SSSR count). The number of benzene rings is 3. The molecule has 0 aromatic heterocycles. The van der Waals surface area contributed by atoms with Gasteiger partial charge < -0.3 is 4.90 Å². The van der Waals surface area contributed by atoms with Gasteiger partial charge in [-0.25, -0.2) is 0 Å². The van der Waals surface area contributed by atoms with Crippen LogP contribution in [0.2, 0.25) is 5.02 Å². The lowest BCUT2D eigenvalue weighted by Crippen LogP contribution is -2.27. The predicted molar refractivity (Wildman–Crippen MR) is 124 cm³/mol. The molecule has 0 unspecified atom stereocenters. The highest BCUT2D eigenvalue weighted by Gasteiger charge is 2.34. The van der Waals surface area contributed by atoms with Crippen molar-refractivity contribution in [3.05, 3.63) is 99.9 Å². The monoisotopic (exact) mass is 434 g/mol. The van der Waals surface area contributed by atoms with Crippen LogP contribution in [0.25, 0.3) is 6.08 Å². The number of hydrogen-bond acceptors (Lipinski definition) is 4. The van der Waals surface area contributed by atoms with E-state index in [0.29, 0.717) is 9.93 Å². The van der Waals surface area contributed by atoms with E-state index in [1.807, 2.05) is 73.8 Å². The minimum atomic E-state index is -0.273. The zero-order valence-corrected chi connectivity index (χ0v) is 17.9. The van der Waals surface area contributed by atoms with Gasteiger partial charge in [0.05, 0.1) is 11.4 Å². The summed E-state index contributed by atoms with van der Waals surface area (Å²) >= 11 is 6.87. The number of amides is 2. The normalized spacial score (nSPS) is 15.1. The predicted octanol–water partition coefficient (Wildman–Crippen LogP) is 6.34. The first-order chi connectivity index (χ1) is 14.5. The Kier molecular flexibility index (Phi) is 5.93. The van der Waals surface area contributed by atoms with E-state index in [-0.39, 0.29) is 17.7 Å². The van der Waals surface area contributed by atoms with Crippen LogP contribution in [0, 0.1) is 0 Å². The number of carbonyl (C=O) groups is 2. The molecule has 0 radical (unpaired) electrons. The molecule has 0 bridgehead atoms. The van der Waals surface area contributed by atoms with Crippen molar-refractivity contribution in [3.63, 3.8) is 0 Å². The molecule has 1 saturated heterocycles. The van der Waals surface area contributed by atoms with E-state index >= 15 is 0 Å². The molecule has 6 heteroatoms. The van der Waals surface area contributed by atoms with Gasteiger partial charge in [0.2, 0.25) is 0 Å². The second kappa shape index (κ2) is 8.78. The van der Waals surface area contributed by atoms with E-state index in [9.17, 15) is 9.59 Å². The number of anilines is 2. The summed E-state index contributed by atoms with van der Waals surface area (Å²) in [6.07, 6.45) is 1.76. The Morgan fingerprint density at radius 2 is 1.53 bits per heavy atom. The summed E-state index contributed by atoms with van der Waals surface area (Å²) in [6.45, 7) is 0.236. The van der Waals surface area contributed by atoms with Gasteiger partial charge >= 0.3 is 0 Å². The highest BCUT2D eigenvalue weighted by atomic mass is 35.5. The van der Waals surface area contributed by atoms with Gasteiger partial charge in [-0.15, -0.1) is 0 Å². The summed E-state index contributed by atoms with van der Waals surface area (Å²) in [6, 6.07) is 25.1. The van der Waals surface area contributed by atoms with E-state index in [2.05, 4.69) is 4.90 Å². The van der Waals surface area contributed by atoms with Gasteiger partial charge in [0.1, 0.15) is 0 Å². The quantitative estimate of drug-likeness (QED) is 0.439. The van der Waals surface area contributed by atoms with Crippen LogP contribution in [0.4, 0.5) is 16.2 Å². The fourth-order valence-electron chi connectivity index (χ4n) is 3.15. The number of imide groups is 1. The number of rotatable bonds is 5. The zero-order chi connectivity index (χ0) is 21.1. The minimum absolute atomic E-state index is 0.236. The largest absolute Gasteiger partial charge is 0.345 e. The molecule has 3 aromatic carbocycles. The standard InChI is InChI=1S/C24H19ClN2O2S/c1-26(20-5-3-2-4-6-20)21-13-9-17(10-14-21)15-22-23(28)27(24(29)30-22)16-18-7-11-19(25)12-8-18/h2-15H,16H2,1H3/b22-15-. The van der Waals surface area contributed by atoms with Gasteiger partial charge in [0.25, 0.3) is 11.1 Å². The van der Waals surface area contributed by atoms with E-state index in [1.165, 1.54) is 4.90 Å². The Labute approximate surface area is 184 Å². The van der Waals surface area contributed by atoms with Crippen LogP contribution >= 0.6 is 23.4 Å². The van der Waals surface area contributed by atoms with E-state index in [1.54, 1.807) is 18.2 Å². The number of hydrogen-bond donors (Lipinski definition) is 0. The molecular weight excluding hydrogens is 416 g/mol. The van der Waals surface area contributed by atoms with Crippen molar-refractivity contribution < 1.29 is 9.59 Å². The van der Waals surface area contributed by atoms with Crippen LogP contribution in [-0.4, -0.2) is 23.1 Å². The molecule has 30 heavy (non-hydrogen) atoms. The first kappa shape index (κ1) is 20.3. The fraction of sp³-hybridized carbons (Fsp3) is 0.0833. The molecular formula is C24H19ClN2O2S. The lowest BCUT2D eigenvalue weighted by atomic mass is 10.1. The van der Waals surface area contributed by atoms with Crippen LogP contribution in [0.3, 0.4) is 0 Å². The SMILES string of the molecule is CN(c1ccccc1)c1ccc(/C=C2\SC(=O)N(Cc3ccc(Cl)cc3)C2=O)cc1. The van der Waals surface area contributed by atoms with Crippen LogP contribution in [0.5, 0.6) is 0 Å². The maximum Gasteiger partial charge on any atom is 0.293 e. The molecule has 150 valence electrons. The number of carbonyl (C=O) groups excluding carboxylic acids is 2. The van der Waals surface area contributed by atoms with E-state index < -0.39 is 0 Å². The summed E-state index contributed by atoms with van der Waals surface area (Å²) in [5, 5.41) is 0.357. The van der Waals surface area contributed by atoms with Gasteiger partial charge in [-0.3, -0.25) is 14.5 Å². The van der Waals surface area contributed by atoms with Gasteiger partial charge in [0.15, 0.2) is 0 Å². The third-order valence-corrected chi connectivity index (χ3v) is 6.01. The highest BCUT2D eigenvalue weighted by molar-refractivity contribution is 8.18. The van der Waals surface area contributed by atoms with Crippen molar-refractivity contribution in [1.82, 2.24) is 4.90 Å². The molecule has 0 atom stereocenters. The van der Waals surface area contributed by atoms with Gasteiger partial charge in [-0.2, -0.15) is 0 Å². The second-order valence-corrected chi connectivity index (χ2v) is 8.31. The topological polar surface area (TPSA) is 40.6 Å². The molecule has 0 aliphatic carbocycles. The van der Waals surface area contributed by atoms with Crippen LogP contribution in [-0.2, 0) is 11.3 Å². The minimum Gasteiger partial charge on any atom is -0.345 e. The summed E-state index contributed by atoms with van der Waals surface area (Å²) in [7, 11) is 2.01. The van der Waals surface area contributed by atoms with Crippen molar-refractivity contribution >= 4 is 52.0 Å². The lowest BCUT2D eigenvalue weighted by Gasteiger charge is -2.19. The second-order valence-electron chi connectivity index (χ2n) is 6.88. The fourth-order valence-corrected chi connectivity index (χ4v) is 4.12. The Morgan fingerprint density at radius 3 is 2.20 bits per heavy atom. The molecule has 4 nitrogen and oxygen atoms in total. The average molecular weight is 435 g/mol. The maximum atomic E-state index is 12.7. The Balaban J connectivity index is 1.48. The molecule has 0 N–H and O–H groups in total. The molecule has 1 aliphatic heterocycles. The molecule has 0 spiro atoms. The smallest absolute Gasteiger partial charge is 0.293 e. The lowest BCUT2D eigenvalue weighted by molar-refractivity contribution is -0.123. The summed E-state index contributed by atoms with van der Waals surface area (Å²) < 4.78 is 0. The van der Waals surface area contributed by atoms with Gasteiger partial charge in [-0.05, 0) is 65.4 Å². The first-order valence-corrected chi connectivity index (χ1v) is 10.6. The van der Waals surface area contributed by atoms with Gasteiger partial charge in [-0.1, -0.05) is 54.1 Å². The number of nitrogens with zero attached hydrogens (tertiary/aromatic N) is 2. The summed E-state index contributed by atoms with van der Waals surface area (Å²) in [5.74, 6) is -0.273. The summed E-state index contributed by atoms with van der Waals surface area (Å²) in [4.78, 5) is 28.9. The van der Waals surface area contributed by atoms with Gasteiger partial charge in [0, 0.05) is 23.4 Å². The van der Waals surface area contributed by atoms with E-state index in [0.717, 1.165) is 34.3 Å². The number of halogens is 1. The van der Waals surface area contributed by atoms with Crippen molar-refractivity contribution in [2.75, 3.05) is 11.9 Å². The molecule has 3 aromatic rings. The zero-order valence-electron chi connectivity index (χ0n) is 16.3.